The average molecular weight is 398 g/mol. The molecule has 0 amide bonds. The highest BCUT2D eigenvalue weighted by atomic mass is 79.9. The van der Waals surface area contributed by atoms with Gasteiger partial charge in [0.25, 0.3) is 0 Å². The van der Waals surface area contributed by atoms with Gasteiger partial charge in [-0.05, 0) is 47.1 Å². The lowest BCUT2D eigenvalue weighted by atomic mass is 10.2. The Bertz CT molecular complexity index is 897. The van der Waals surface area contributed by atoms with Crippen LogP contribution >= 0.6 is 15.9 Å². The predicted octanol–water partition coefficient (Wildman–Crippen LogP) is 6.00. The van der Waals surface area contributed by atoms with Crippen LogP contribution in [0.15, 0.2) is 53.0 Å². The minimum absolute atomic E-state index is 0.0786. The van der Waals surface area contributed by atoms with Crippen LogP contribution in [0.5, 0.6) is 17.2 Å². The summed E-state index contributed by atoms with van der Waals surface area (Å²) in [6.07, 6.45) is -4.78. The molecule has 0 bridgehead atoms. The molecule has 3 rings (SSSR count). The molecule has 0 radical (unpaired) electrons. The van der Waals surface area contributed by atoms with Gasteiger partial charge < -0.3 is 9.47 Å². The minimum Gasteiger partial charge on any atom is -0.454 e. The van der Waals surface area contributed by atoms with E-state index in [9.17, 15) is 13.2 Å². The fraction of sp³-hybridized carbons (Fsp3) is 0.118. The van der Waals surface area contributed by atoms with E-state index in [4.69, 9.17) is 4.74 Å². The molecular weight excluding hydrogens is 387 g/mol. The van der Waals surface area contributed by atoms with E-state index in [0.29, 0.717) is 11.4 Å². The largest absolute Gasteiger partial charge is 0.573 e. The maximum atomic E-state index is 12.4. The van der Waals surface area contributed by atoms with Crippen molar-refractivity contribution >= 4 is 26.8 Å². The Labute approximate surface area is 144 Å². The molecule has 124 valence electrons. The molecule has 0 N–H and O–H groups in total. The number of fused-ring (bicyclic) bond motifs is 1. The van der Waals surface area contributed by atoms with E-state index in [1.54, 1.807) is 19.1 Å². The third-order valence-electron chi connectivity index (χ3n) is 3.24. The smallest absolute Gasteiger partial charge is 0.454 e. The molecule has 0 aliphatic carbocycles. The molecule has 1 aromatic heterocycles. The van der Waals surface area contributed by atoms with Gasteiger partial charge in [-0.15, -0.1) is 13.2 Å². The van der Waals surface area contributed by atoms with Crippen LogP contribution in [0.3, 0.4) is 0 Å². The zero-order valence-corrected chi connectivity index (χ0v) is 14.0. The summed E-state index contributed by atoms with van der Waals surface area (Å²) >= 11 is 3.10. The van der Waals surface area contributed by atoms with Gasteiger partial charge in [0, 0.05) is 5.39 Å². The highest BCUT2D eigenvalue weighted by Crippen LogP contribution is 2.39. The first kappa shape index (κ1) is 16.6. The molecule has 0 saturated heterocycles. The molecule has 7 heteroatoms. The summed E-state index contributed by atoms with van der Waals surface area (Å²) < 4.78 is 47.1. The second-order valence-electron chi connectivity index (χ2n) is 4.98. The number of aryl methyl sites for hydroxylation is 1. The van der Waals surface area contributed by atoms with E-state index < -0.39 is 6.36 Å². The number of halogens is 4. The summed E-state index contributed by atoms with van der Waals surface area (Å²) in [5.41, 5.74) is 1.44. The quantitative estimate of drug-likeness (QED) is 0.543. The van der Waals surface area contributed by atoms with E-state index in [1.807, 2.05) is 24.3 Å². The summed E-state index contributed by atoms with van der Waals surface area (Å²) in [5, 5.41) is 0.872. The van der Waals surface area contributed by atoms with Gasteiger partial charge in [-0.1, -0.05) is 24.3 Å². The monoisotopic (exact) mass is 397 g/mol. The molecule has 2 aromatic carbocycles. The SMILES string of the molecule is Cc1nc2ccccc2cc1Oc1cccc(OC(F)(F)F)c1Br. The third-order valence-corrected chi connectivity index (χ3v) is 4.02. The van der Waals surface area contributed by atoms with Crippen LogP contribution < -0.4 is 9.47 Å². The Hall–Kier alpha value is -2.28. The molecule has 0 aliphatic heterocycles. The van der Waals surface area contributed by atoms with E-state index in [0.717, 1.165) is 10.9 Å². The molecule has 0 aliphatic rings. The molecule has 0 saturated carbocycles. The normalized spacial score (nSPS) is 11.5. The van der Waals surface area contributed by atoms with Crippen LogP contribution in [0, 0.1) is 6.92 Å². The molecule has 0 fully saturated rings. The molecule has 3 nitrogen and oxygen atoms in total. The Morgan fingerprint density at radius 3 is 2.42 bits per heavy atom. The number of alkyl halides is 3. The molecule has 0 unspecified atom stereocenters. The number of ether oxygens (including phenoxy) is 2. The van der Waals surface area contributed by atoms with Crippen LogP contribution in [-0.4, -0.2) is 11.3 Å². The van der Waals surface area contributed by atoms with Gasteiger partial charge >= 0.3 is 6.36 Å². The van der Waals surface area contributed by atoms with Crippen LogP contribution in [0.25, 0.3) is 10.9 Å². The fourth-order valence-electron chi connectivity index (χ4n) is 2.19. The number of para-hydroxylation sites is 1. The number of rotatable bonds is 3. The number of nitrogens with zero attached hydrogens (tertiary/aromatic N) is 1. The zero-order valence-electron chi connectivity index (χ0n) is 12.4. The summed E-state index contributed by atoms with van der Waals surface area (Å²) in [7, 11) is 0. The first-order valence-electron chi connectivity index (χ1n) is 6.92. The second-order valence-corrected chi connectivity index (χ2v) is 5.78. The fourth-order valence-corrected chi connectivity index (χ4v) is 2.61. The maximum absolute atomic E-state index is 12.4. The van der Waals surface area contributed by atoms with E-state index in [2.05, 4.69) is 25.7 Å². The summed E-state index contributed by atoms with van der Waals surface area (Å²) in [4.78, 5) is 4.43. The van der Waals surface area contributed by atoms with Crippen molar-refractivity contribution in [1.82, 2.24) is 4.98 Å². The third kappa shape index (κ3) is 3.62. The summed E-state index contributed by atoms with van der Waals surface area (Å²) in [6.45, 7) is 1.77. The highest BCUT2D eigenvalue weighted by Gasteiger charge is 2.32. The molecule has 1 heterocycles. The lowest BCUT2D eigenvalue weighted by Gasteiger charge is -2.14. The number of pyridine rings is 1. The van der Waals surface area contributed by atoms with Crippen molar-refractivity contribution < 1.29 is 22.6 Å². The Morgan fingerprint density at radius 1 is 0.958 bits per heavy atom. The van der Waals surface area contributed by atoms with E-state index >= 15 is 0 Å². The van der Waals surface area contributed by atoms with Gasteiger partial charge in [0.2, 0.25) is 0 Å². The molecular formula is C17H11BrF3NO2. The minimum atomic E-state index is -4.78. The Morgan fingerprint density at radius 2 is 1.67 bits per heavy atom. The first-order chi connectivity index (χ1) is 11.3. The van der Waals surface area contributed by atoms with Crippen molar-refractivity contribution in [1.29, 1.82) is 0 Å². The topological polar surface area (TPSA) is 31.4 Å². The van der Waals surface area contributed by atoms with Crippen molar-refractivity contribution in [3.63, 3.8) is 0 Å². The zero-order chi connectivity index (χ0) is 17.3. The van der Waals surface area contributed by atoms with Gasteiger partial charge in [0.15, 0.2) is 0 Å². The molecule has 0 atom stereocenters. The summed E-state index contributed by atoms with van der Waals surface area (Å²) in [6, 6.07) is 13.5. The number of aromatic nitrogens is 1. The second kappa shape index (κ2) is 6.32. The number of hydrogen-bond acceptors (Lipinski definition) is 3. The predicted molar refractivity (Wildman–Crippen MR) is 87.4 cm³/mol. The summed E-state index contributed by atoms with van der Waals surface area (Å²) in [5.74, 6) is 0.293. The standard InChI is InChI=1S/C17H11BrF3NO2/c1-10-15(9-11-5-2-3-6-12(11)22-10)23-13-7-4-8-14(16(13)18)24-17(19,20)21/h2-9H,1H3. The van der Waals surface area contributed by atoms with E-state index in [-0.39, 0.29) is 16.0 Å². The maximum Gasteiger partial charge on any atom is 0.573 e. The average Bonchev–Trinajstić information content (AvgIpc) is 2.50. The Kier molecular flexibility index (Phi) is 4.36. The van der Waals surface area contributed by atoms with Crippen molar-refractivity contribution in [2.75, 3.05) is 0 Å². The van der Waals surface area contributed by atoms with Crippen molar-refractivity contribution in [2.24, 2.45) is 0 Å². The lowest BCUT2D eigenvalue weighted by molar-refractivity contribution is -0.274. The van der Waals surface area contributed by atoms with Gasteiger partial charge in [0.1, 0.15) is 21.7 Å². The van der Waals surface area contributed by atoms with Gasteiger partial charge in [-0.2, -0.15) is 0 Å². The number of benzene rings is 2. The van der Waals surface area contributed by atoms with Gasteiger partial charge in [0.05, 0.1) is 11.2 Å². The lowest BCUT2D eigenvalue weighted by Crippen LogP contribution is -2.17. The van der Waals surface area contributed by atoms with Gasteiger partial charge in [-0.25, -0.2) is 4.98 Å². The highest BCUT2D eigenvalue weighted by molar-refractivity contribution is 9.10. The van der Waals surface area contributed by atoms with Crippen molar-refractivity contribution in [2.45, 2.75) is 13.3 Å². The van der Waals surface area contributed by atoms with E-state index in [1.165, 1.54) is 12.1 Å². The first-order valence-corrected chi connectivity index (χ1v) is 7.71. The molecule has 24 heavy (non-hydrogen) atoms. The Balaban J connectivity index is 1.97. The van der Waals surface area contributed by atoms with Crippen LogP contribution in [-0.2, 0) is 0 Å². The van der Waals surface area contributed by atoms with Crippen LogP contribution in [0.1, 0.15) is 5.69 Å². The van der Waals surface area contributed by atoms with Gasteiger partial charge in [-0.3, -0.25) is 0 Å². The van der Waals surface area contributed by atoms with Crippen molar-refractivity contribution in [3.05, 3.63) is 58.7 Å². The molecule has 0 spiro atoms. The van der Waals surface area contributed by atoms with Crippen LogP contribution in [0.4, 0.5) is 13.2 Å². The van der Waals surface area contributed by atoms with Crippen molar-refractivity contribution in [3.8, 4) is 17.2 Å². The molecule has 3 aromatic rings. The van der Waals surface area contributed by atoms with Crippen LogP contribution in [0.2, 0.25) is 0 Å². The number of hydrogen-bond donors (Lipinski definition) is 0.